The molecule has 0 saturated carbocycles. The molecule has 2 aromatic rings. The molecular weight excluding hydrogens is 382 g/mol. The fourth-order valence-corrected chi connectivity index (χ4v) is 6.16. The Balaban J connectivity index is 1.49. The highest BCUT2D eigenvalue weighted by Crippen LogP contribution is 2.63. The Morgan fingerprint density at radius 3 is 3.03 bits per heavy atom. The van der Waals surface area contributed by atoms with Gasteiger partial charge < -0.3 is 25.2 Å². The zero-order valence-corrected chi connectivity index (χ0v) is 16.6. The number of phenolic OH excluding ortho intramolecular Hbond substituents is 1. The van der Waals surface area contributed by atoms with Crippen LogP contribution < -0.4 is 10.1 Å². The van der Waals surface area contributed by atoms with Crippen LogP contribution in [0.5, 0.6) is 11.5 Å². The highest BCUT2D eigenvalue weighted by atomic mass is 16.5. The third-order valence-corrected chi connectivity index (χ3v) is 7.47. The fraction of sp³-hybridized carbons (Fsp3) is 0.391. The molecule has 6 rings (SSSR count). The van der Waals surface area contributed by atoms with Crippen molar-refractivity contribution in [2.24, 2.45) is 5.92 Å². The Kier molecular flexibility index (Phi) is 3.48. The van der Waals surface area contributed by atoms with Crippen molar-refractivity contribution < 1.29 is 19.7 Å². The zero-order valence-electron chi connectivity index (χ0n) is 16.6. The maximum atomic E-state index is 12.9. The van der Waals surface area contributed by atoms with E-state index in [4.69, 9.17) is 4.74 Å². The Morgan fingerprint density at radius 2 is 2.23 bits per heavy atom. The minimum atomic E-state index is -1.70. The SMILES string of the molecule is CN1CC[C@]23c4c5ccc(O)c4O[C@H]2[C@](O)(NC(=O)c2cccnc2)C=C[C@H]3[C@H]1C5. The molecule has 1 spiro atoms. The molecular formula is C23H23N3O4. The number of rotatable bonds is 2. The second-order valence-electron chi connectivity index (χ2n) is 8.89. The molecule has 1 aromatic heterocycles. The molecule has 2 aliphatic heterocycles. The van der Waals surface area contributed by atoms with Crippen molar-refractivity contribution in [3.05, 3.63) is 65.5 Å². The third kappa shape index (κ3) is 2.11. The molecule has 154 valence electrons. The van der Waals surface area contributed by atoms with E-state index < -0.39 is 23.2 Å². The number of aliphatic hydroxyl groups is 1. The van der Waals surface area contributed by atoms with Crippen LogP contribution in [0.1, 0.15) is 27.9 Å². The number of nitrogens with zero attached hydrogens (tertiary/aromatic N) is 2. The van der Waals surface area contributed by atoms with E-state index in [1.165, 1.54) is 6.20 Å². The van der Waals surface area contributed by atoms with Gasteiger partial charge in [0.1, 0.15) is 0 Å². The summed E-state index contributed by atoms with van der Waals surface area (Å²) in [6, 6.07) is 7.25. The Bertz CT molecular complexity index is 1090. The minimum absolute atomic E-state index is 0.0783. The van der Waals surface area contributed by atoms with Crippen molar-refractivity contribution in [2.75, 3.05) is 13.6 Å². The minimum Gasteiger partial charge on any atom is -0.504 e. The summed E-state index contributed by atoms with van der Waals surface area (Å²) < 4.78 is 6.30. The third-order valence-electron chi connectivity index (χ3n) is 7.47. The van der Waals surface area contributed by atoms with Gasteiger partial charge in [0.2, 0.25) is 0 Å². The van der Waals surface area contributed by atoms with Gasteiger partial charge in [-0.15, -0.1) is 0 Å². The zero-order chi connectivity index (χ0) is 20.7. The predicted molar refractivity (Wildman–Crippen MR) is 108 cm³/mol. The molecule has 30 heavy (non-hydrogen) atoms. The molecule has 5 atom stereocenters. The van der Waals surface area contributed by atoms with Crippen LogP contribution in [0.3, 0.4) is 0 Å². The Labute approximate surface area is 174 Å². The summed E-state index contributed by atoms with van der Waals surface area (Å²) in [6.45, 7) is 0.857. The van der Waals surface area contributed by atoms with Crippen LogP contribution in [0.2, 0.25) is 0 Å². The first kappa shape index (κ1) is 17.9. The van der Waals surface area contributed by atoms with Crippen LogP contribution in [0, 0.1) is 5.92 Å². The first-order chi connectivity index (χ1) is 14.4. The van der Waals surface area contributed by atoms with E-state index >= 15 is 0 Å². The molecule has 0 unspecified atom stereocenters. The van der Waals surface area contributed by atoms with Crippen molar-refractivity contribution in [1.29, 1.82) is 0 Å². The van der Waals surface area contributed by atoms with Crippen LogP contribution in [0.25, 0.3) is 0 Å². The largest absolute Gasteiger partial charge is 0.504 e. The molecule has 0 radical (unpaired) electrons. The van der Waals surface area contributed by atoms with Crippen LogP contribution in [0.15, 0.2) is 48.8 Å². The molecule has 3 N–H and O–H groups in total. The van der Waals surface area contributed by atoms with Crippen molar-refractivity contribution in [2.45, 2.75) is 36.1 Å². The molecule has 1 aromatic carbocycles. The number of amides is 1. The molecule has 1 saturated heterocycles. The van der Waals surface area contributed by atoms with Gasteiger partial charge in [-0.1, -0.05) is 12.1 Å². The number of phenols is 1. The predicted octanol–water partition coefficient (Wildman–Crippen LogP) is 1.35. The van der Waals surface area contributed by atoms with Crippen LogP contribution in [-0.2, 0) is 11.8 Å². The van der Waals surface area contributed by atoms with Gasteiger partial charge in [-0.25, -0.2) is 0 Å². The van der Waals surface area contributed by atoms with Gasteiger partial charge in [-0.2, -0.15) is 0 Å². The average molecular weight is 405 g/mol. The summed E-state index contributed by atoms with van der Waals surface area (Å²) in [5.74, 6) is 0.236. The fourth-order valence-electron chi connectivity index (χ4n) is 6.16. The number of hydrogen-bond acceptors (Lipinski definition) is 6. The van der Waals surface area contributed by atoms with Crippen molar-refractivity contribution in [1.82, 2.24) is 15.2 Å². The Hall–Kier alpha value is -2.90. The molecule has 1 fully saturated rings. The first-order valence-electron chi connectivity index (χ1n) is 10.3. The highest BCUT2D eigenvalue weighted by molar-refractivity contribution is 5.94. The first-order valence-corrected chi connectivity index (χ1v) is 10.3. The lowest BCUT2D eigenvalue weighted by Gasteiger charge is -2.58. The van der Waals surface area contributed by atoms with Gasteiger partial charge in [0.05, 0.1) is 11.0 Å². The van der Waals surface area contributed by atoms with Crippen molar-refractivity contribution in [3.8, 4) is 11.5 Å². The molecule has 2 bridgehead atoms. The second-order valence-corrected chi connectivity index (χ2v) is 8.89. The van der Waals surface area contributed by atoms with Gasteiger partial charge in [0.25, 0.3) is 5.91 Å². The molecule has 4 aliphatic rings. The monoisotopic (exact) mass is 405 g/mol. The number of carbonyl (C=O) groups excluding carboxylic acids is 1. The average Bonchev–Trinajstić information content (AvgIpc) is 3.11. The number of likely N-dealkylation sites (N-methyl/N-ethyl adjacent to an activating group) is 1. The lowest BCUT2D eigenvalue weighted by atomic mass is 9.52. The molecule has 7 nitrogen and oxygen atoms in total. The summed E-state index contributed by atoms with van der Waals surface area (Å²) in [6.07, 6.45) is 7.67. The van der Waals surface area contributed by atoms with Crippen molar-refractivity contribution >= 4 is 5.91 Å². The molecule has 7 heteroatoms. The maximum Gasteiger partial charge on any atom is 0.255 e. The number of benzene rings is 1. The number of hydrogen-bond donors (Lipinski definition) is 3. The number of piperidine rings is 1. The van der Waals surface area contributed by atoms with Gasteiger partial charge in [0.15, 0.2) is 23.3 Å². The van der Waals surface area contributed by atoms with E-state index in [2.05, 4.69) is 22.2 Å². The number of ether oxygens (including phenoxy) is 1. The van der Waals surface area contributed by atoms with E-state index in [0.29, 0.717) is 11.3 Å². The highest BCUT2D eigenvalue weighted by Gasteiger charge is 2.68. The van der Waals surface area contributed by atoms with E-state index in [1.54, 1.807) is 30.5 Å². The van der Waals surface area contributed by atoms with Crippen molar-refractivity contribution in [3.63, 3.8) is 0 Å². The van der Waals surface area contributed by atoms with E-state index in [1.807, 2.05) is 12.1 Å². The van der Waals surface area contributed by atoms with E-state index in [9.17, 15) is 15.0 Å². The molecule has 3 heterocycles. The normalized spacial score (nSPS) is 35.5. The summed E-state index contributed by atoms with van der Waals surface area (Å²) >= 11 is 0. The summed E-state index contributed by atoms with van der Waals surface area (Å²) in [5.41, 5.74) is 0.312. The van der Waals surface area contributed by atoms with Crippen LogP contribution in [0.4, 0.5) is 0 Å². The Morgan fingerprint density at radius 1 is 1.37 bits per heavy atom. The lowest BCUT2D eigenvalue weighted by Crippen LogP contribution is -2.71. The van der Waals surface area contributed by atoms with Gasteiger partial charge in [0, 0.05) is 29.9 Å². The van der Waals surface area contributed by atoms with E-state index in [-0.39, 0.29) is 17.7 Å². The summed E-state index contributed by atoms with van der Waals surface area (Å²) in [4.78, 5) is 19.2. The van der Waals surface area contributed by atoms with Gasteiger partial charge in [-0.3, -0.25) is 9.78 Å². The number of nitrogens with one attached hydrogen (secondary N) is 1. The van der Waals surface area contributed by atoms with Crippen LogP contribution in [-0.4, -0.2) is 57.5 Å². The van der Waals surface area contributed by atoms with Gasteiger partial charge >= 0.3 is 0 Å². The molecule has 1 amide bonds. The smallest absolute Gasteiger partial charge is 0.255 e. The quantitative estimate of drug-likeness (QED) is 0.516. The van der Waals surface area contributed by atoms with E-state index in [0.717, 1.165) is 30.5 Å². The topological polar surface area (TPSA) is 94.9 Å². The maximum absolute atomic E-state index is 12.9. The van der Waals surface area contributed by atoms with Crippen LogP contribution >= 0.6 is 0 Å². The number of aromatic nitrogens is 1. The number of likely N-dealkylation sites (tertiary alicyclic amines) is 1. The summed E-state index contributed by atoms with van der Waals surface area (Å²) in [7, 11) is 2.13. The number of pyridine rings is 1. The number of carbonyl (C=O) groups is 1. The molecule has 2 aliphatic carbocycles. The second kappa shape index (κ2) is 5.83. The lowest BCUT2D eigenvalue weighted by molar-refractivity contribution is -0.108. The number of aromatic hydroxyl groups is 1. The summed E-state index contributed by atoms with van der Waals surface area (Å²) in [5, 5.41) is 25.0. The van der Waals surface area contributed by atoms with Gasteiger partial charge in [-0.05, 0) is 56.3 Å². The standard InChI is InChI=1S/C23H23N3O4/c1-26-10-8-22-15-6-7-23(29,25-20(28)14-3-2-9-24-12-14)21(22)30-19-17(27)5-4-13(18(19)22)11-16(15)26/h2-7,9,12,15-16,21,27,29H,8,10-11H2,1H3,(H,25,28)/t15-,16+,21+,22-,23-/m0/s1.